The molecule has 7 nitrogen and oxygen atoms in total. The van der Waals surface area contributed by atoms with Crippen molar-refractivity contribution < 1.29 is 19.4 Å². The Balaban J connectivity index is 1.28. The summed E-state index contributed by atoms with van der Waals surface area (Å²) in [5.41, 5.74) is 11.5. The van der Waals surface area contributed by atoms with Crippen molar-refractivity contribution in [1.82, 2.24) is 10.9 Å². The van der Waals surface area contributed by atoms with E-state index in [9.17, 15) is 4.79 Å². The van der Waals surface area contributed by atoms with Gasteiger partial charge in [-0.2, -0.15) is 0 Å². The predicted octanol–water partition coefficient (Wildman–Crippen LogP) is 4.99. The molecule has 0 saturated heterocycles. The van der Waals surface area contributed by atoms with Gasteiger partial charge in [0.2, 0.25) is 5.90 Å². The molecule has 1 aliphatic carbocycles. The molecule has 0 unspecified atom stereocenters. The molecule has 3 N–H and O–H groups in total. The van der Waals surface area contributed by atoms with Crippen LogP contribution in [0.15, 0.2) is 108 Å². The van der Waals surface area contributed by atoms with Crippen LogP contribution >= 0.6 is 0 Å². The number of nitrogens with one attached hydrogen (secondary N) is 2. The quantitative estimate of drug-likeness (QED) is 0.192. The summed E-state index contributed by atoms with van der Waals surface area (Å²) in [7, 11) is 0. The number of hydrogen-bond donors (Lipinski definition) is 3. The van der Waals surface area contributed by atoms with Crippen molar-refractivity contribution in [2.24, 2.45) is 4.99 Å². The summed E-state index contributed by atoms with van der Waals surface area (Å²) in [5, 5.41) is 8.99. The Morgan fingerprint density at radius 3 is 2.20 bits per heavy atom. The molecule has 2 atom stereocenters. The number of amides is 1. The monoisotopic (exact) mass is 547 g/mol. The summed E-state index contributed by atoms with van der Waals surface area (Å²) in [6.07, 6.45) is 0.438. The number of aliphatic imine (C=N–C) groups is 1. The van der Waals surface area contributed by atoms with Gasteiger partial charge in [-0.05, 0) is 59.0 Å². The van der Waals surface area contributed by atoms with Gasteiger partial charge in [-0.15, -0.1) is 0 Å². The Morgan fingerprint density at radius 2 is 1.54 bits per heavy atom. The molecule has 0 aromatic heterocycles. The van der Waals surface area contributed by atoms with E-state index in [0.717, 1.165) is 33.4 Å². The second-order valence-corrected chi connectivity index (χ2v) is 10.4. The van der Waals surface area contributed by atoms with E-state index in [2.05, 4.69) is 35.1 Å². The molecule has 0 radical (unpaired) electrons. The average Bonchev–Trinajstić information content (AvgIpc) is 3.52. The number of carbonyl (C=O) groups is 1. The molecule has 0 fully saturated rings. The molecule has 4 aromatic rings. The highest BCUT2D eigenvalue weighted by Crippen LogP contribution is 2.43. The zero-order chi connectivity index (χ0) is 28.2. The third-order valence-corrected chi connectivity index (χ3v) is 7.81. The Morgan fingerprint density at radius 1 is 0.902 bits per heavy atom. The molecule has 2 aliphatic rings. The van der Waals surface area contributed by atoms with Gasteiger partial charge >= 0.3 is 0 Å². The third-order valence-electron chi connectivity index (χ3n) is 7.81. The zero-order valence-electron chi connectivity index (χ0n) is 22.9. The van der Waals surface area contributed by atoms with Crippen molar-refractivity contribution in [2.45, 2.75) is 37.5 Å². The van der Waals surface area contributed by atoms with Gasteiger partial charge in [-0.3, -0.25) is 10.2 Å². The lowest BCUT2D eigenvalue weighted by molar-refractivity contribution is -0.129. The summed E-state index contributed by atoms with van der Waals surface area (Å²) < 4.78 is 11.9. The maximum atomic E-state index is 14.1. The van der Waals surface area contributed by atoms with Gasteiger partial charge in [0.05, 0.1) is 12.6 Å². The Labute approximate surface area is 239 Å². The first-order valence-corrected chi connectivity index (χ1v) is 14.0. The first kappa shape index (κ1) is 26.7. The maximum absolute atomic E-state index is 14.1. The number of fused-ring (bicyclic) bond motifs is 3. The van der Waals surface area contributed by atoms with Gasteiger partial charge in [-0.25, -0.2) is 10.4 Å². The summed E-state index contributed by atoms with van der Waals surface area (Å²) in [6.45, 7) is 2.42. The largest absolute Gasteiger partial charge is 0.494 e. The second-order valence-electron chi connectivity index (χ2n) is 10.4. The minimum Gasteiger partial charge on any atom is -0.494 e. The minimum absolute atomic E-state index is 0.0841. The van der Waals surface area contributed by atoms with Crippen molar-refractivity contribution in [3.8, 4) is 16.9 Å². The number of rotatable bonds is 10. The molecule has 41 heavy (non-hydrogen) atoms. The van der Waals surface area contributed by atoms with Crippen LogP contribution in [0.3, 0.4) is 0 Å². The van der Waals surface area contributed by atoms with E-state index < -0.39 is 11.6 Å². The lowest BCUT2D eigenvalue weighted by Crippen LogP contribution is -2.56. The normalized spacial score (nSPS) is 19.2. The highest BCUT2D eigenvalue weighted by molar-refractivity contribution is 6.00. The number of carbonyl (C=O) groups excluding carboxylic acids is 1. The maximum Gasteiger partial charge on any atom is 0.266 e. The number of benzene rings is 4. The molecule has 1 aliphatic heterocycles. The van der Waals surface area contributed by atoms with Crippen LogP contribution in [0.25, 0.3) is 11.1 Å². The van der Waals surface area contributed by atoms with E-state index in [0.29, 0.717) is 31.1 Å². The van der Waals surface area contributed by atoms with Gasteiger partial charge in [-0.1, -0.05) is 78.9 Å². The number of hydrazine groups is 1. The number of aliphatic hydroxyl groups excluding tert-OH is 1. The lowest BCUT2D eigenvalue weighted by atomic mass is 9.86. The van der Waals surface area contributed by atoms with Crippen LogP contribution in [0.1, 0.15) is 41.6 Å². The number of ether oxygens (including phenoxy) is 2. The number of hydrogen-bond acceptors (Lipinski definition) is 6. The smallest absolute Gasteiger partial charge is 0.266 e. The zero-order valence-corrected chi connectivity index (χ0v) is 22.9. The second kappa shape index (κ2) is 11.6. The summed E-state index contributed by atoms with van der Waals surface area (Å²) in [6, 6.07) is 33.7. The van der Waals surface area contributed by atoms with Crippen LogP contribution in [0, 0.1) is 0 Å². The Bertz CT molecular complexity index is 1510. The summed E-state index contributed by atoms with van der Waals surface area (Å²) in [5.74, 6) is 0.861. The Kier molecular flexibility index (Phi) is 7.55. The highest BCUT2D eigenvalue weighted by Gasteiger charge is 2.50. The number of aliphatic hydroxyl groups is 1. The molecule has 1 amide bonds. The van der Waals surface area contributed by atoms with Crippen LogP contribution < -0.4 is 15.6 Å². The van der Waals surface area contributed by atoms with Crippen LogP contribution in [-0.2, 0) is 16.0 Å². The van der Waals surface area contributed by atoms with Crippen LogP contribution in [-0.4, -0.2) is 41.8 Å². The van der Waals surface area contributed by atoms with Gasteiger partial charge in [0.25, 0.3) is 5.91 Å². The van der Waals surface area contributed by atoms with E-state index in [4.69, 9.17) is 19.6 Å². The molecule has 4 aromatic carbocycles. The van der Waals surface area contributed by atoms with Crippen molar-refractivity contribution in [2.75, 3.05) is 13.2 Å². The fourth-order valence-electron chi connectivity index (χ4n) is 5.61. The van der Waals surface area contributed by atoms with Crippen LogP contribution in [0.5, 0.6) is 5.75 Å². The van der Waals surface area contributed by atoms with Crippen molar-refractivity contribution in [3.05, 3.63) is 125 Å². The van der Waals surface area contributed by atoms with Gasteiger partial charge < -0.3 is 14.6 Å². The first-order chi connectivity index (χ1) is 20.1. The van der Waals surface area contributed by atoms with E-state index in [1.165, 1.54) is 0 Å². The van der Waals surface area contributed by atoms with Crippen LogP contribution in [0.4, 0.5) is 0 Å². The molecular weight excluding hydrogens is 514 g/mol. The van der Waals surface area contributed by atoms with Gasteiger partial charge in [0.15, 0.2) is 5.54 Å². The van der Waals surface area contributed by atoms with E-state index in [1.807, 2.05) is 85.8 Å². The molecule has 6 rings (SSSR count). The predicted molar refractivity (Wildman–Crippen MR) is 159 cm³/mol. The molecule has 0 saturated carbocycles. The molecule has 208 valence electrons. The topological polar surface area (TPSA) is 92.2 Å². The molecule has 7 heteroatoms. The SMILES string of the molecule is C[C@@H]1OC(c2ccc(OCCCO)cc2)=N[C@]1(Cc1ccccc1)C(=O)NNC1c2ccccc2-c2ccccc21. The first-order valence-electron chi connectivity index (χ1n) is 14.0. The fourth-order valence-corrected chi connectivity index (χ4v) is 5.61. The van der Waals surface area contributed by atoms with Crippen LogP contribution in [0.2, 0.25) is 0 Å². The standard InChI is InChI=1S/C34H33N3O4/c1-23-34(22-24-10-3-2-4-11-24,35-32(41-23)25-16-18-26(19-17-25)40-21-9-20-38)33(39)37-36-31-29-14-7-5-12-27(29)28-13-6-8-15-30(28)31/h2-8,10-19,23,31,36,38H,9,20-22H2,1H3,(H,37,39)/t23-,34-/m0/s1. The third kappa shape index (κ3) is 5.22. The highest BCUT2D eigenvalue weighted by atomic mass is 16.5. The molecule has 0 spiro atoms. The van der Waals surface area contributed by atoms with Crippen molar-refractivity contribution in [3.63, 3.8) is 0 Å². The minimum atomic E-state index is -1.18. The van der Waals surface area contributed by atoms with Gasteiger partial charge in [0.1, 0.15) is 11.9 Å². The molecule has 1 heterocycles. The number of nitrogens with zero attached hydrogens (tertiary/aromatic N) is 1. The molecule has 0 bridgehead atoms. The summed E-state index contributed by atoms with van der Waals surface area (Å²) in [4.78, 5) is 19.1. The average molecular weight is 548 g/mol. The van der Waals surface area contributed by atoms with Crippen molar-refractivity contribution >= 4 is 11.8 Å². The van der Waals surface area contributed by atoms with E-state index >= 15 is 0 Å². The van der Waals surface area contributed by atoms with E-state index in [-0.39, 0.29) is 18.6 Å². The lowest BCUT2D eigenvalue weighted by Gasteiger charge is -2.29. The summed E-state index contributed by atoms with van der Waals surface area (Å²) >= 11 is 0. The van der Waals surface area contributed by atoms with E-state index in [1.54, 1.807) is 0 Å². The Hall–Kier alpha value is -4.46. The van der Waals surface area contributed by atoms with Crippen molar-refractivity contribution in [1.29, 1.82) is 0 Å². The fraction of sp³-hybridized carbons (Fsp3) is 0.235. The van der Waals surface area contributed by atoms with Gasteiger partial charge in [0, 0.05) is 25.0 Å². The molecular formula is C34H33N3O4.